The number of halogens is 1. The molecule has 1 fully saturated rings. The Morgan fingerprint density at radius 1 is 1.27 bits per heavy atom. The molecule has 15 nitrogen and oxygen atoms in total. The van der Waals surface area contributed by atoms with Crippen LogP contribution < -0.4 is 20.1 Å². The van der Waals surface area contributed by atoms with Gasteiger partial charge in [0.25, 0.3) is 0 Å². The third kappa shape index (κ3) is 6.85. The number of nitrogens with two attached hydrogens (primary N) is 1. The summed E-state index contributed by atoms with van der Waals surface area (Å²) in [6, 6.07) is 11.1. The second-order valence-electron chi connectivity index (χ2n) is 10.4. The largest absolute Gasteiger partial charge is 0.480 e. The number of benzene rings is 2. The van der Waals surface area contributed by atoms with Crippen LogP contribution in [0, 0.1) is 3.83 Å². The smallest absolute Gasteiger partial charge is 0.459 e. The number of anilines is 1. The number of aromatic nitrogens is 4. The molecule has 2 unspecified atom stereocenters. The van der Waals surface area contributed by atoms with E-state index in [1.54, 1.807) is 24.3 Å². The summed E-state index contributed by atoms with van der Waals surface area (Å²) in [5.41, 5.74) is 4.39. The number of carbonyl (C=O) groups is 1. The number of hydrogen-bond acceptors (Lipinski definition) is 13. The number of methoxy groups -OCH3 is 1. The predicted octanol–water partition coefficient (Wildman–Crippen LogP) is 3.18. The van der Waals surface area contributed by atoms with Crippen LogP contribution in [0.1, 0.15) is 19.6 Å². The summed E-state index contributed by atoms with van der Waals surface area (Å²) in [7, 11) is -3.05. The van der Waals surface area contributed by atoms with E-state index in [0.717, 1.165) is 5.39 Å². The Balaban J connectivity index is 1.45. The van der Waals surface area contributed by atoms with Gasteiger partial charge in [-0.05, 0) is 36.8 Å². The number of nitrogen functional groups attached to an aromatic ring is 1. The van der Waals surface area contributed by atoms with Gasteiger partial charge in [-0.15, -0.1) is 0 Å². The Morgan fingerprint density at radius 3 is 2.71 bits per heavy atom. The van der Waals surface area contributed by atoms with E-state index in [0.29, 0.717) is 15.0 Å². The highest BCUT2D eigenvalue weighted by atomic mass is 127. The lowest BCUT2D eigenvalue weighted by molar-refractivity contribution is -0.139. The third-order valence-corrected chi connectivity index (χ3v) is 10.2. The minimum atomic E-state index is -4.45. The van der Waals surface area contributed by atoms with Crippen LogP contribution in [0.4, 0.5) is 5.95 Å². The molecule has 3 heterocycles. The highest BCUT2D eigenvalue weighted by Gasteiger charge is 2.55. The summed E-state index contributed by atoms with van der Waals surface area (Å²) >= 11 is 3.34. The fourth-order valence-corrected chi connectivity index (χ4v) is 7.73. The van der Waals surface area contributed by atoms with Crippen molar-refractivity contribution in [2.45, 2.75) is 43.4 Å². The number of rotatable bonds is 13. The number of fused-ring (bicyclic) bond motifs is 2. The average Bonchev–Trinajstić information content (AvgIpc) is 3.44. The van der Waals surface area contributed by atoms with Gasteiger partial charge >= 0.3 is 13.7 Å². The van der Waals surface area contributed by atoms with E-state index >= 15 is 0 Å². The number of imidazole rings is 1. The van der Waals surface area contributed by atoms with Crippen LogP contribution in [-0.4, -0.2) is 90.4 Å². The molecule has 5 rings (SSSR count). The highest BCUT2D eigenvalue weighted by Crippen LogP contribution is 2.49. The van der Waals surface area contributed by atoms with E-state index in [-0.39, 0.29) is 35.2 Å². The molecule has 1 aliphatic rings. The lowest BCUT2D eigenvalue weighted by Gasteiger charge is -2.28. The number of nitrogens with zero attached hydrogens (tertiary/aromatic N) is 4. The van der Waals surface area contributed by atoms with Gasteiger partial charge in [0.2, 0.25) is 11.8 Å². The monoisotopic (exact) mass is 774 g/mol. The number of ether oxygens (including phenoxy) is 2. The summed E-state index contributed by atoms with van der Waals surface area (Å²) in [4.78, 5) is 24.8. The van der Waals surface area contributed by atoms with Crippen molar-refractivity contribution < 1.29 is 43.2 Å². The van der Waals surface area contributed by atoms with Crippen molar-refractivity contribution in [1.29, 1.82) is 0 Å². The number of aliphatic hydroxyl groups excluding tert-OH is 1. The zero-order valence-corrected chi connectivity index (χ0v) is 28.2. The first kappa shape index (κ1) is 33.6. The molecule has 1 saturated heterocycles. The normalized spacial score (nSPS) is 23.6. The fourth-order valence-electron chi connectivity index (χ4n) is 4.98. The van der Waals surface area contributed by atoms with Crippen LogP contribution in [0.5, 0.6) is 11.6 Å². The predicted molar refractivity (Wildman–Crippen MR) is 175 cm³/mol. The Morgan fingerprint density at radius 2 is 2.00 bits per heavy atom. The van der Waals surface area contributed by atoms with Crippen LogP contribution in [0.15, 0.2) is 42.5 Å². The highest BCUT2D eigenvalue weighted by molar-refractivity contribution is 14.1. The molecular formula is C27H32IN6O9PS. The van der Waals surface area contributed by atoms with E-state index in [9.17, 15) is 24.7 Å². The number of nitrogens with one attached hydrogen (secondary N) is 1. The minimum Gasteiger partial charge on any atom is -0.480 e. The number of carboxylic acids is 1. The van der Waals surface area contributed by atoms with E-state index in [4.69, 9.17) is 24.3 Å². The molecule has 4 aromatic rings. The number of hydrogen-bond donors (Lipinski definition) is 5. The zero-order valence-electron chi connectivity index (χ0n) is 24.4. The summed E-state index contributed by atoms with van der Waals surface area (Å²) in [5.74, 6) is -0.584. The molecule has 2 aromatic carbocycles. The molecule has 0 amide bonds. The molecule has 0 radical (unpaired) electrons. The summed E-state index contributed by atoms with van der Waals surface area (Å²) in [5, 5.41) is 36.5. The van der Waals surface area contributed by atoms with Crippen molar-refractivity contribution in [3.05, 3.63) is 46.3 Å². The van der Waals surface area contributed by atoms with Gasteiger partial charge < -0.3 is 35.1 Å². The van der Waals surface area contributed by atoms with Crippen molar-refractivity contribution in [3.63, 3.8) is 0 Å². The molecule has 0 bridgehead atoms. The van der Waals surface area contributed by atoms with Crippen LogP contribution in [0.25, 0.3) is 21.9 Å². The topological polar surface area (TPSA) is 213 Å². The molecule has 242 valence electrons. The van der Waals surface area contributed by atoms with E-state index in [1.807, 2.05) is 47.0 Å². The van der Waals surface area contributed by atoms with Crippen molar-refractivity contribution in [3.8, 4) is 11.6 Å². The maximum Gasteiger partial charge on any atom is 0.459 e. The molecule has 18 heteroatoms. The first-order chi connectivity index (χ1) is 21.4. The summed E-state index contributed by atoms with van der Waals surface area (Å²) in [6.07, 6.45) is -2.11. The van der Waals surface area contributed by atoms with E-state index in [1.165, 1.54) is 30.4 Å². The second-order valence-corrected chi connectivity index (χ2v) is 14.0. The molecular weight excluding hydrogens is 742 g/mol. The molecule has 1 aliphatic heterocycles. The number of aliphatic carboxylic acids is 1. The Hall–Kier alpha value is -2.77. The van der Waals surface area contributed by atoms with Gasteiger partial charge in [-0.25, -0.2) is 9.55 Å². The minimum absolute atomic E-state index is 0.109. The van der Waals surface area contributed by atoms with Crippen LogP contribution in [0.3, 0.4) is 0 Å². The van der Waals surface area contributed by atoms with Gasteiger partial charge in [0.15, 0.2) is 21.2 Å². The molecule has 6 N–H and O–H groups in total. The first-order valence-electron chi connectivity index (χ1n) is 13.6. The molecule has 45 heavy (non-hydrogen) atoms. The second kappa shape index (κ2) is 13.5. The van der Waals surface area contributed by atoms with Gasteiger partial charge in [-0.3, -0.25) is 13.9 Å². The van der Waals surface area contributed by atoms with Gasteiger partial charge in [-0.1, -0.05) is 36.4 Å². The number of thioether (sulfide) groups is 1. The Labute approximate surface area is 275 Å². The van der Waals surface area contributed by atoms with Crippen molar-refractivity contribution >= 4 is 76.0 Å². The molecule has 0 saturated carbocycles. The lowest BCUT2D eigenvalue weighted by atomic mass is 9.96. The van der Waals surface area contributed by atoms with Crippen molar-refractivity contribution in [1.82, 2.24) is 24.6 Å². The van der Waals surface area contributed by atoms with Crippen LogP contribution >= 0.6 is 42.1 Å². The SMILES string of the molecule is COc1nc(N)nc2c1nc(I)n2[C@@H]1O[C@H](COP(=O)(NC(CCSC)C(=O)O)Oc2cccc3ccccc23)[C@@H](O)[C@@]1(C)O. The van der Waals surface area contributed by atoms with Crippen LogP contribution in [0.2, 0.25) is 0 Å². The quantitative estimate of drug-likeness (QED) is 0.0750. The average molecular weight is 775 g/mol. The summed E-state index contributed by atoms with van der Waals surface area (Å²) in [6.45, 7) is 0.806. The molecule has 6 atom stereocenters. The molecule has 0 spiro atoms. The van der Waals surface area contributed by atoms with Gasteiger partial charge in [0, 0.05) is 28.0 Å². The van der Waals surface area contributed by atoms with Crippen LogP contribution in [-0.2, 0) is 18.6 Å². The van der Waals surface area contributed by atoms with E-state index in [2.05, 4.69) is 20.0 Å². The van der Waals surface area contributed by atoms with Gasteiger partial charge in [-0.2, -0.15) is 26.8 Å². The Kier molecular flexibility index (Phi) is 10.1. The Bertz CT molecular complexity index is 1760. The lowest BCUT2D eigenvalue weighted by Crippen LogP contribution is -2.45. The number of carboxylic acid groups (broad SMARTS) is 1. The number of aliphatic hydroxyl groups is 2. The van der Waals surface area contributed by atoms with Crippen molar-refractivity contribution in [2.24, 2.45) is 0 Å². The zero-order chi connectivity index (χ0) is 32.5. The third-order valence-electron chi connectivity index (χ3n) is 7.26. The van der Waals surface area contributed by atoms with Crippen molar-refractivity contribution in [2.75, 3.05) is 31.5 Å². The van der Waals surface area contributed by atoms with Gasteiger partial charge in [0.1, 0.15) is 29.6 Å². The molecule has 2 aromatic heterocycles. The fraction of sp³-hybridized carbons (Fsp3) is 0.407. The maximum absolute atomic E-state index is 14.3. The first-order valence-corrected chi connectivity index (χ1v) is 17.6. The standard InChI is InChI=1S/C27H32IN6O9PS/c1-27(38)20(35)18(42-24(27)34-21-19(30-25(34)28)22(40-2)32-26(29)31-21)13-41-44(39,33-16(23(36)37)11-12-45-3)43-17-10-6-8-14-7-4-5-9-15(14)17/h4-10,16,18,20,24,35,38H,11-13H2,1-3H3,(H,33,39)(H,36,37)(H2,29,31,32)/t16?,18-,20-,24-,27-,44?/m1/s1. The van der Waals surface area contributed by atoms with Gasteiger partial charge in [0.05, 0.1) is 13.7 Å². The molecule has 0 aliphatic carbocycles. The summed E-state index contributed by atoms with van der Waals surface area (Å²) < 4.78 is 39.1. The maximum atomic E-state index is 14.3. The van der Waals surface area contributed by atoms with E-state index < -0.39 is 50.4 Å².